The Labute approximate surface area is 195 Å². The molecule has 2 aromatic carbocycles. The lowest BCUT2D eigenvalue weighted by Crippen LogP contribution is -2.44. The standard InChI is InChI=1S/C24H25ClF3N3O2/c1-30-10-12-31(13-11-30)9-2-14-32-19-6-3-17(4-7-19)23-16-22(29-33-23)18-5-8-21(25)20(15-18)24(26,27)28/h3-8,15-16H,2,9-14H2,1H3. The maximum absolute atomic E-state index is 13.1. The number of likely N-dealkylation sites (N-methyl/N-ethyl adjacent to an activating group) is 1. The first-order valence-electron chi connectivity index (χ1n) is 10.8. The highest BCUT2D eigenvalue weighted by molar-refractivity contribution is 6.31. The summed E-state index contributed by atoms with van der Waals surface area (Å²) in [5.74, 6) is 1.21. The molecule has 1 aromatic heterocycles. The first-order valence-corrected chi connectivity index (χ1v) is 11.2. The molecule has 2 heterocycles. The van der Waals surface area contributed by atoms with Crippen LogP contribution in [0.4, 0.5) is 13.2 Å². The van der Waals surface area contributed by atoms with E-state index in [1.54, 1.807) is 6.07 Å². The Balaban J connectivity index is 1.33. The monoisotopic (exact) mass is 479 g/mol. The van der Waals surface area contributed by atoms with Gasteiger partial charge in [-0.3, -0.25) is 0 Å². The molecule has 1 aliphatic heterocycles. The molecule has 1 saturated heterocycles. The fourth-order valence-corrected chi connectivity index (χ4v) is 3.94. The molecule has 9 heteroatoms. The number of piperazine rings is 1. The van der Waals surface area contributed by atoms with Crippen molar-refractivity contribution in [1.82, 2.24) is 15.0 Å². The van der Waals surface area contributed by atoms with E-state index in [9.17, 15) is 13.2 Å². The summed E-state index contributed by atoms with van der Waals surface area (Å²) in [4.78, 5) is 4.79. The highest BCUT2D eigenvalue weighted by Gasteiger charge is 2.33. The maximum Gasteiger partial charge on any atom is 0.417 e. The van der Waals surface area contributed by atoms with Crippen LogP contribution in [0.3, 0.4) is 0 Å². The van der Waals surface area contributed by atoms with Crippen LogP contribution in [0.15, 0.2) is 53.1 Å². The van der Waals surface area contributed by atoms with Crippen molar-refractivity contribution in [3.63, 3.8) is 0 Å². The molecular weight excluding hydrogens is 455 g/mol. The zero-order chi connectivity index (χ0) is 23.4. The third-order valence-corrected chi connectivity index (χ3v) is 6.03. The molecule has 0 unspecified atom stereocenters. The van der Waals surface area contributed by atoms with Crippen molar-refractivity contribution in [3.05, 3.63) is 59.1 Å². The zero-order valence-electron chi connectivity index (χ0n) is 18.2. The van der Waals surface area contributed by atoms with Gasteiger partial charge >= 0.3 is 6.18 Å². The second-order valence-corrected chi connectivity index (χ2v) is 8.55. The van der Waals surface area contributed by atoms with Gasteiger partial charge in [-0.25, -0.2) is 0 Å². The Morgan fingerprint density at radius 2 is 1.70 bits per heavy atom. The summed E-state index contributed by atoms with van der Waals surface area (Å²) in [5, 5.41) is 3.57. The molecule has 5 nitrogen and oxygen atoms in total. The number of nitrogens with zero attached hydrogens (tertiary/aromatic N) is 3. The van der Waals surface area contributed by atoms with E-state index in [-0.39, 0.29) is 10.6 Å². The Kier molecular flexibility index (Phi) is 7.26. The van der Waals surface area contributed by atoms with Gasteiger partial charge in [0.05, 0.1) is 17.2 Å². The van der Waals surface area contributed by atoms with Gasteiger partial charge < -0.3 is 19.1 Å². The van der Waals surface area contributed by atoms with Gasteiger partial charge in [0.2, 0.25) is 0 Å². The molecule has 1 fully saturated rings. The summed E-state index contributed by atoms with van der Waals surface area (Å²) in [7, 11) is 2.14. The summed E-state index contributed by atoms with van der Waals surface area (Å²) >= 11 is 5.69. The van der Waals surface area contributed by atoms with Crippen LogP contribution in [0.2, 0.25) is 5.02 Å². The van der Waals surface area contributed by atoms with Gasteiger partial charge in [0, 0.05) is 49.9 Å². The summed E-state index contributed by atoms with van der Waals surface area (Å²) in [6, 6.07) is 12.6. The molecule has 4 rings (SSSR count). The van der Waals surface area contributed by atoms with E-state index >= 15 is 0 Å². The van der Waals surface area contributed by atoms with Gasteiger partial charge in [-0.05, 0) is 49.9 Å². The Hall–Kier alpha value is -2.55. The molecule has 0 atom stereocenters. The molecule has 33 heavy (non-hydrogen) atoms. The van der Waals surface area contributed by atoms with Crippen molar-refractivity contribution in [2.24, 2.45) is 0 Å². The van der Waals surface area contributed by atoms with Gasteiger partial charge in [-0.2, -0.15) is 13.2 Å². The molecule has 176 valence electrons. The largest absolute Gasteiger partial charge is 0.494 e. The Morgan fingerprint density at radius 3 is 2.39 bits per heavy atom. The van der Waals surface area contributed by atoms with Crippen molar-refractivity contribution < 1.29 is 22.4 Å². The maximum atomic E-state index is 13.1. The number of aromatic nitrogens is 1. The number of ether oxygens (including phenoxy) is 1. The van der Waals surface area contributed by atoms with Crippen molar-refractivity contribution in [3.8, 4) is 28.3 Å². The molecule has 0 N–H and O–H groups in total. The minimum Gasteiger partial charge on any atom is -0.494 e. The summed E-state index contributed by atoms with van der Waals surface area (Å²) in [5.41, 5.74) is 0.433. The van der Waals surface area contributed by atoms with Crippen molar-refractivity contribution >= 4 is 11.6 Å². The first kappa shape index (κ1) is 23.6. The lowest BCUT2D eigenvalue weighted by molar-refractivity contribution is -0.137. The molecule has 0 aliphatic carbocycles. The third-order valence-electron chi connectivity index (χ3n) is 5.70. The fraction of sp³-hybridized carbons (Fsp3) is 0.375. The number of alkyl halides is 3. The van der Waals surface area contributed by atoms with Gasteiger partial charge in [-0.1, -0.05) is 22.8 Å². The van der Waals surface area contributed by atoms with E-state index in [0.717, 1.165) is 56.5 Å². The van der Waals surface area contributed by atoms with Crippen LogP contribution in [-0.2, 0) is 6.18 Å². The molecular formula is C24H25ClF3N3O2. The lowest BCUT2D eigenvalue weighted by Gasteiger charge is -2.32. The second kappa shape index (κ2) is 10.2. The van der Waals surface area contributed by atoms with Crippen molar-refractivity contribution in [2.75, 3.05) is 46.4 Å². The predicted molar refractivity (Wildman–Crippen MR) is 121 cm³/mol. The molecule has 1 aliphatic rings. The molecule has 0 amide bonds. The second-order valence-electron chi connectivity index (χ2n) is 8.14. The SMILES string of the molecule is CN1CCN(CCCOc2ccc(-c3cc(-c4ccc(Cl)c(C(F)(F)F)c4)no3)cc2)CC1. The molecule has 0 saturated carbocycles. The van der Waals surface area contributed by atoms with E-state index in [1.807, 2.05) is 24.3 Å². The minimum absolute atomic E-state index is 0.280. The van der Waals surface area contributed by atoms with Crippen LogP contribution in [0, 0.1) is 0 Å². The van der Waals surface area contributed by atoms with Crippen LogP contribution < -0.4 is 4.74 Å². The normalized spacial score (nSPS) is 15.7. The smallest absolute Gasteiger partial charge is 0.417 e. The van der Waals surface area contributed by atoms with Crippen LogP contribution >= 0.6 is 11.6 Å². The van der Waals surface area contributed by atoms with Crippen LogP contribution in [0.25, 0.3) is 22.6 Å². The summed E-state index contributed by atoms with van der Waals surface area (Å²) < 4.78 is 50.6. The summed E-state index contributed by atoms with van der Waals surface area (Å²) in [6.07, 6.45) is -3.59. The van der Waals surface area contributed by atoms with Gasteiger partial charge in [0.25, 0.3) is 0 Å². The predicted octanol–water partition coefficient (Wildman–Crippen LogP) is 5.70. The Bertz CT molecular complexity index is 1060. The highest BCUT2D eigenvalue weighted by atomic mass is 35.5. The van der Waals surface area contributed by atoms with Gasteiger partial charge in [0.15, 0.2) is 5.76 Å². The van der Waals surface area contributed by atoms with E-state index in [4.69, 9.17) is 20.9 Å². The number of halogens is 4. The summed E-state index contributed by atoms with van der Waals surface area (Å²) in [6.45, 7) is 6.06. The van der Waals surface area contributed by atoms with E-state index < -0.39 is 11.7 Å². The average molecular weight is 480 g/mol. The first-order chi connectivity index (χ1) is 15.8. The minimum atomic E-state index is -4.54. The van der Waals surface area contributed by atoms with Gasteiger partial charge in [0.1, 0.15) is 11.4 Å². The van der Waals surface area contributed by atoms with E-state index in [0.29, 0.717) is 18.1 Å². The van der Waals surface area contributed by atoms with Crippen molar-refractivity contribution in [2.45, 2.75) is 12.6 Å². The number of hydrogen-bond acceptors (Lipinski definition) is 5. The van der Waals surface area contributed by atoms with Gasteiger partial charge in [-0.15, -0.1) is 0 Å². The Morgan fingerprint density at radius 1 is 1.00 bits per heavy atom. The molecule has 3 aromatic rings. The topological polar surface area (TPSA) is 41.7 Å². The number of benzene rings is 2. The van der Waals surface area contributed by atoms with E-state index in [1.165, 1.54) is 12.1 Å². The van der Waals surface area contributed by atoms with Crippen LogP contribution in [0.5, 0.6) is 5.75 Å². The number of hydrogen-bond donors (Lipinski definition) is 0. The third kappa shape index (κ3) is 6.07. The number of rotatable bonds is 7. The van der Waals surface area contributed by atoms with E-state index in [2.05, 4.69) is 22.0 Å². The lowest BCUT2D eigenvalue weighted by atomic mass is 10.1. The molecule has 0 bridgehead atoms. The fourth-order valence-electron chi connectivity index (χ4n) is 3.71. The highest BCUT2D eigenvalue weighted by Crippen LogP contribution is 2.37. The molecule has 0 spiro atoms. The quantitative estimate of drug-likeness (QED) is 0.407. The zero-order valence-corrected chi connectivity index (χ0v) is 19.0. The van der Waals surface area contributed by atoms with Crippen molar-refractivity contribution in [1.29, 1.82) is 0 Å². The van der Waals surface area contributed by atoms with Crippen LogP contribution in [-0.4, -0.2) is 61.3 Å². The average Bonchev–Trinajstić information content (AvgIpc) is 3.28. The van der Waals surface area contributed by atoms with Crippen LogP contribution in [0.1, 0.15) is 12.0 Å². The molecule has 0 radical (unpaired) electrons.